The van der Waals surface area contributed by atoms with Gasteiger partial charge in [-0.2, -0.15) is 4.37 Å². The maximum atomic E-state index is 14.0. The highest BCUT2D eigenvalue weighted by Gasteiger charge is 2.36. The number of nitrogens with zero attached hydrogens (tertiary/aromatic N) is 2. The van der Waals surface area contributed by atoms with Gasteiger partial charge in [0.2, 0.25) is 5.91 Å². The number of primary amides is 1. The van der Waals surface area contributed by atoms with Crippen molar-refractivity contribution in [1.29, 1.82) is 0 Å². The van der Waals surface area contributed by atoms with Crippen molar-refractivity contribution in [3.63, 3.8) is 0 Å². The Balaban J connectivity index is 1.82. The Kier molecular flexibility index (Phi) is 8.52. The topological polar surface area (TPSA) is 141 Å². The number of hydrogen-bond acceptors (Lipinski definition) is 7. The Bertz CT molecular complexity index is 1460. The number of nitrogens with two attached hydrogens (primary N) is 2. The fourth-order valence-corrected chi connectivity index (χ4v) is 4.68. The molecule has 0 unspecified atom stereocenters. The van der Waals surface area contributed by atoms with E-state index in [0.717, 1.165) is 5.56 Å². The fourth-order valence-electron chi connectivity index (χ4n) is 3.94. The number of nitrogen functional groups attached to an aromatic ring is 1. The number of carbonyl (C=O) groups excluding carboxylic acids is 3. The van der Waals surface area contributed by atoms with Gasteiger partial charge >= 0.3 is 0 Å². The zero-order chi connectivity index (χ0) is 27.9. The maximum absolute atomic E-state index is 14.0. The number of hydrogen-bond donors (Lipinski definition) is 3. The minimum atomic E-state index is -1.21. The summed E-state index contributed by atoms with van der Waals surface area (Å²) in [5, 5.41) is 2.89. The predicted molar refractivity (Wildman–Crippen MR) is 147 cm³/mol. The number of amides is 3. The Morgan fingerprint density at radius 1 is 1.03 bits per heavy atom. The van der Waals surface area contributed by atoms with Gasteiger partial charge in [0.1, 0.15) is 22.5 Å². The second-order valence-corrected chi connectivity index (χ2v) is 9.17. The van der Waals surface area contributed by atoms with E-state index in [1.54, 1.807) is 24.3 Å². The van der Waals surface area contributed by atoms with E-state index >= 15 is 0 Å². The van der Waals surface area contributed by atoms with E-state index in [-0.39, 0.29) is 28.5 Å². The molecular weight excluding hydrogens is 521 g/mol. The summed E-state index contributed by atoms with van der Waals surface area (Å²) in [6.07, 6.45) is 0. The molecule has 4 rings (SSSR count). The molecule has 1 aromatic heterocycles. The Morgan fingerprint density at radius 2 is 1.69 bits per heavy atom. The third-order valence-electron chi connectivity index (χ3n) is 5.80. The molecule has 3 aromatic carbocycles. The molecule has 200 valence electrons. The van der Waals surface area contributed by atoms with Gasteiger partial charge in [0.25, 0.3) is 11.8 Å². The van der Waals surface area contributed by atoms with E-state index in [2.05, 4.69) is 9.69 Å². The molecule has 11 heteroatoms. The van der Waals surface area contributed by atoms with E-state index in [0.29, 0.717) is 29.5 Å². The molecule has 0 saturated carbocycles. The minimum Gasteiger partial charge on any atom is -0.494 e. The third-order valence-corrected chi connectivity index (χ3v) is 6.65. The molecule has 9 nitrogen and oxygen atoms in total. The fraction of sp³-hybridized carbons (Fsp3) is 0.143. The molecule has 0 aliphatic rings. The van der Waals surface area contributed by atoms with Gasteiger partial charge in [-0.3, -0.25) is 19.3 Å². The van der Waals surface area contributed by atoms with Crippen molar-refractivity contribution in [2.24, 2.45) is 5.73 Å². The second kappa shape index (κ2) is 12.2. The molecule has 0 fully saturated rings. The van der Waals surface area contributed by atoms with Gasteiger partial charge in [-0.05, 0) is 66.0 Å². The number of halogens is 1. The number of benzene rings is 3. The lowest BCUT2D eigenvalue weighted by Crippen LogP contribution is -2.44. The second-order valence-electron chi connectivity index (χ2n) is 8.40. The summed E-state index contributed by atoms with van der Waals surface area (Å²) in [6.45, 7) is 2.50. The van der Waals surface area contributed by atoms with E-state index in [9.17, 15) is 18.8 Å². The van der Waals surface area contributed by atoms with E-state index in [1.165, 1.54) is 29.2 Å². The largest absolute Gasteiger partial charge is 0.494 e. The van der Waals surface area contributed by atoms with Crippen LogP contribution in [0.5, 0.6) is 5.75 Å². The Morgan fingerprint density at radius 3 is 2.28 bits per heavy atom. The molecular formula is C28H26FN5O4S. The zero-order valence-electron chi connectivity index (χ0n) is 21.0. The van der Waals surface area contributed by atoms with Crippen LogP contribution in [0.25, 0.3) is 0 Å². The number of nitrogens with one attached hydrogen (secondary N) is 1. The van der Waals surface area contributed by atoms with Gasteiger partial charge in [0.05, 0.1) is 12.3 Å². The van der Waals surface area contributed by atoms with Crippen molar-refractivity contribution in [3.05, 3.63) is 106 Å². The monoisotopic (exact) mass is 547 g/mol. The molecule has 0 saturated heterocycles. The average molecular weight is 548 g/mol. The first-order valence-electron chi connectivity index (χ1n) is 12.0. The molecule has 0 bridgehead atoms. The van der Waals surface area contributed by atoms with Gasteiger partial charge in [0, 0.05) is 12.2 Å². The lowest BCUT2D eigenvalue weighted by atomic mass is 10.0. The summed E-state index contributed by atoms with van der Waals surface area (Å²) in [6, 6.07) is 19.9. The summed E-state index contributed by atoms with van der Waals surface area (Å²) in [5.74, 6) is -2.04. The number of carbonyl (C=O) groups is 3. The van der Waals surface area contributed by atoms with Gasteiger partial charge in [-0.15, -0.1) is 0 Å². The van der Waals surface area contributed by atoms with Crippen LogP contribution in [0, 0.1) is 5.82 Å². The van der Waals surface area contributed by atoms with Crippen LogP contribution in [0.4, 0.5) is 15.8 Å². The first-order chi connectivity index (χ1) is 18.8. The molecule has 1 heterocycles. The predicted octanol–water partition coefficient (Wildman–Crippen LogP) is 4.07. The summed E-state index contributed by atoms with van der Waals surface area (Å²) in [7, 11) is 0. The molecule has 3 amide bonds. The van der Waals surface area contributed by atoms with E-state index in [4.69, 9.17) is 16.2 Å². The van der Waals surface area contributed by atoms with Crippen molar-refractivity contribution in [2.75, 3.05) is 17.2 Å². The number of aromatic nitrogens is 1. The lowest BCUT2D eigenvalue weighted by molar-refractivity contribution is -0.122. The summed E-state index contributed by atoms with van der Waals surface area (Å²) in [4.78, 5) is 40.7. The summed E-state index contributed by atoms with van der Waals surface area (Å²) >= 11 is 0.690. The normalized spacial score (nSPS) is 11.4. The smallest absolute Gasteiger partial charge is 0.273 e. The highest BCUT2D eigenvalue weighted by Crippen LogP contribution is 2.34. The van der Waals surface area contributed by atoms with Crippen LogP contribution in [0.2, 0.25) is 0 Å². The van der Waals surface area contributed by atoms with Crippen LogP contribution in [-0.2, 0) is 11.3 Å². The molecule has 5 N–H and O–H groups in total. The summed E-state index contributed by atoms with van der Waals surface area (Å²) < 4.78 is 23.3. The van der Waals surface area contributed by atoms with Crippen molar-refractivity contribution >= 4 is 40.6 Å². The molecule has 0 aliphatic heterocycles. The van der Waals surface area contributed by atoms with Crippen LogP contribution < -0.4 is 26.4 Å². The van der Waals surface area contributed by atoms with Crippen molar-refractivity contribution in [1.82, 2.24) is 9.69 Å². The van der Waals surface area contributed by atoms with Gasteiger partial charge in [-0.25, -0.2) is 4.39 Å². The van der Waals surface area contributed by atoms with Gasteiger partial charge in [-0.1, -0.05) is 42.5 Å². The molecule has 1 atom stereocenters. The Hall–Kier alpha value is -4.77. The van der Waals surface area contributed by atoms with Crippen LogP contribution in [0.1, 0.15) is 44.3 Å². The standard InChI is InChI=1S/C28H26FN5O4S/c1-2-38-21-14-8-18(9-15-21)24(27(36)32-16-17-6-4-3-5-7-17)34(20-12-10-19(29)11-13-20)28(37)25-22(30)23(26(31)35)33-39-25/h3-15,24H,2,16,30H2,1H3,(H2,31,35)(H,32,36)/t24-/m1/s1. The highest BCUT2D eigenvalue weighted by molar-refractivity contribution is 7.09. The van der Waals surface area contributed by atoms with Crippen molar-refractivity contribution < 1.29 is 23.5 Å². The van der Waals surface area contributed by atoms with E-state index < -0.39 is 29.6 Å². The van der Waals surface area contributed by atoms with Crippen molar-refractivity contribution in [2.45, 2.75) is 19.5 Å². The SMILES string of the molecule is CCOc1ccc([C@H](C(=O)NCc2ccccc2)N(C(=O)c2snc(C(N)=O)c2N)c2ccc(F)cc2)cc1. The average Bonchev–Trinajstić information content (AvgIpc) is 3.33. The van der Waals surface area contributed by atoms with E-state index in [1.807, 2.05) is 37.3 Å². The number of rotatable bonds is 10. The molecule has 0 spiro atoms. The van der Waals surface area contributed by atoms with Gasteiger partial charge < -0.3 is 21.5 Å². The number of ether oxygens (including phenoxy) is 1. The third kappa shape index (κ3) is 6.21. The van der Waals surface area contributed by atoms with Crippen molar-refractivity contribution in [3.8, 4) is 5.75 Å². The quantitative estimate of drug-likeness (QED) is 0.273. The molecule has 0 aliphatic carbocycles. The van der Waals surface area contributed by atoms with Crippen LogP contribution in [0.3, 0.4) is 0 Å². The first-order valence-corrected chi connectivity index (χ1v) is 12.8. The zero-order valence-corrected chi connectivity index (χ0v) is 21.8. The Labute approximate surface area is 228 Å². The first kappa shape index (κ1) is 27.3. The number of anilines is 2. The molecule has 4 aromatic rings. The maximum Gasteiger partial charge on any atom is 0.273 e. The molecule has 39 heavy (non-hydrogen) atoms. The van der Waals surface area contributed by atoms with Crippen LogP contribution in [-0.4, -0.2) is 28.7 Å². The van der Waals surface area contributed by atoms with Crippen LogP contribution >= 0.6 is 11.5 Å². The van der Waals surface area contributed by atoms with Crippen LogP contribution in [0.15, 0.2) is 78.9 Å². The highest BCUT2D eigenvalue weighted by atomic mass is 32.1. The lowest BCUT2D eigenvalue weighted by Gasteiger charge is -2.31. The minimum absolute atomic E-state index is 0.0834. The summed E-state index contributed by atoms with van der Waals surface area (Å²) in [5.41, 5.74) is 12.5. The van der Waals surface area contributed by atoms with Gasteiger partial charge in [0.15, 0.2) is 5.69 Å². The molecule has 0 radical (unpaired) electrons.